The van der Waals surface area contributed by atoms with Crippen LogP contribution in [-0.4, -0.2) is 59.0 Å². The number of nitrogens with zero attached hydrogens (tertiary/aromatic N) is 4. The number of amides is 1. The van der Waals surface area contributed by atoms with E-state index in [9.17, 15) is 13.2 Å². The zero-order chi connectivity index (χ0) is 26.8. The molecule has 3 aromatic carbocycles. The van der Waals surface area contributed by atoms with Crippen molar-refractivity contribution in [2.75, 3.05) is 31.0 Å². The Morgan fingerprint density at radius 3 is 2.54 bits per heavy atom. The van der Waals surface area contributed by atoms with Crippen LogP contribution >= 0.6 is 11.8 Å². The minimum Gasteiger partial charge on any atom is -0.454 e. The lowest BCUT2D eigenvalue weighted by Gasteiger charge is -2.16. The molecule has 2 aliphatic rings. The van der Waals surface area contributed by atoms with Crippen molar-refractivity contribution in [2.24, 2.45) is 0 Å². The van der Waals surface area contributed by atoms with Gasteiger partial charge in [-0.05, 0) is 49.2 Å². The van der Waals surface area contributed by atoms with E-state index in [0.29, 0.717) is 46.8 Å². The Morgan fingerprint density at radius 1 is 0.923 bits per heavy atom. The minimum atomic E-state index is -3.59. The first-order chi connectivity index (χ1) is 19.0. The van der Waals surface area contributed by atoms with Crippen LogP contribution in [0.25, 0.3) is 17.1 Å². The molecular weight excluding hydrogens is 538 g/mol. The van der Waals surface area contributed by atoms with Crippen LogP contribution in [0.4, 0.5) is 5.69 Å². The Labute approximate surface area is 230 Å². The standard InChI is InChI=1S/C27H25N5O5S2/c33-25(28-20-11-12-23-24(16-20)37-18-36-23)17-38-27-30-29-26(32(27)21-8-2-1-3-9-21)19-7-6-10-22(15-19)39(34,35)31-13-4-5-14-31/h1-3,6-12,15-16H,4-5,13-14,17-18H2,(H,28,33). The van der Waals surface area contributed by atoms with Gasteiger partial charge in [0.2, 0.25) is 22.7 Å². The summed E-state index contributed by atoms with van der Waals surface area (Å²) < 4.78 is 40.4. The number of carbonyl (C=O) groups excluding carboxylic acids is 1. The molecule has 6 rings (SSSR count). The average Bonchev–Trinajstić information content (AvgIpc) is 3.73. The van der Waals surface area contributed by atoms with E-state index in [0.717, 1.165) is 18.5 Å². The third kappa shape index (κ3) is 5.22. The summed E-state index contributed by atoms with van der Waals surface area (Å²) in [6.07, 6.45) is 1.73. The summed E-state index contributed by atoms with van der Waals surface area (Å²) >= 11 is 1.24. The number of sulfonamides is 1. The topological polar surface area (TPSA) is 116 Å². The molecule has 0 bridgehead atoms. The van der Waals surface area contributed by atoms with Gasteiger partial charge in [-0.3, -0.25) is 9.36 Å². The van der Waals surface area contributed by atoms with E-state index in [4.69, 9.17) is 9.47 Å². The van der Waals surface area contributed by atoms with Crippen molar-refractivity contribution < 1.29 is 22.7 Å². The molecule has 1 fully saturated rings. The van der Waals surface area contributed by atoms with E-state index in [1.165, 1.54) is 16.1 Å². The molecule has 0 aliphatic carbocycles. The molecule has 10 nitrogen and oxygen atoms in total. The predicted octanol–water partition coefficient (Wildman–Crippen LogP) is 4.18. The number of hydrogen-bond donors (Lipinski definition) is 1. The number of anilines is 1. The van der Waals surface area contributed by atoms with Crippen molar-refractivity contribution in [1.29, 1.82) is 0 Å². The van der Waals surface area contributed by atoms with Gasteiger partial charge < -0.3 is 14.8 Å². The lowest BCUT2D eigenvalue weighted by molar-refractivity contribution is -0.113. The summed E-state index contributed by atoms with van der Waals surface area (Å²) in [6.45, 7) is 1.22. The first kappa shape index (κ1) is 25.4. The third-order valence-corrected chi connectivity index (χ3v) is 9.26. The molecule has 1 saturated heterocycles. The second-order valence-corrected chi connectivity index (χ2v) is 11.9. The number of fused-ring (bicyclic) bond motifs is 1. The Kier molecular flexibility index (Phi) is 6.98. The highest BCUT2D eigenvalue weighted by molar-refractivity contribution is 7.99. The zero-order valence-electron chi connectivity index (χ0n) is 20.8. The molecule has 4 aromatic rings. The maximum Gasteiger partial charge on any atom is 0.243 e. The number of carbonyl (C=O) groups is 1. The quantitative estimate of drug-likeness (QED) is 0.318. The van der Waals surface area contributed by atoms with Crippen molar-refractivity contribution >= 4 is 33.4 Å². The maximum absolute atomic E-state index is 13.2. The summed E-state index contributed by atoms with van der Waals surface area (Å²) in [5.74, 6) is 1.58. The summed E-state index contributed by atoms with van der Waals surface area (Å²) in [5.41, 5.74) is 2.01. The first-order valence-corrected chi connectivity index (χ1v) is 14.9. The van der Waals surface area contributed by atoms with Crippen molar-refractivity contribution in [2.45, 2.75) is 22.9 Å². The monoisotopic (exact) mass is 563 g/mol. The largest absolute Gasteiger partial charge is 0.454 e. The Morgan fingerprint density at radius 2 is 1.72 bits per heavy atom. The van der Waals surface area contributed by atoms with E-state index in [-0.39, 0.29) is 23.3 Å². The molecule has 200 valence electrons. The molecule has 2 aliphatic heterocycles. The van der Waals surface area contributed by atoms with Crippen LogP contribution in [-0.2, 0) is 14.8 Å². The third-order valence-electron chi connectivity index (χ3n) is 6.43. The van der Waals surface area contributed by atoms with Gasteiger partial charge in [-0.2, -0.15) is 4.31 Å². The van der Waals surface area contributed by atoms with Gasteiger partial charge in [0.1, 0.15) is 0 Å². The number of hydrogen-bond acceptors (Lipinski definition) is 8. The fourth-order valence-electron chi connectivity index (χ4n) is 4.53. The highest BCUT2D eigenvalue weighted by Gasteiger charge is 2.28. The second kappa shape index (κ2) is 10.7. The molecule has 0 atom stereocenters. The number of para-hydroxylation sites is 1. The number of rotatable bonds is 8. The van der Waals surface area contributed by atoms with Gasteiger partial charge in [-0.25, -0.2) is 8.42 Å². The SMILES string of the molecule is O=C(CSc1nnc(-c2cccc(S(=O)(=O)N3CCCC3)c2)n1-c1ccccc1)Nc1ccc2c(c1)OCO2. The first-order valence-electron chi connectivity index (χ1n) is 12.4. The number of aromatic nitrogens is 3. The van der Waals surface area contributed by atoms with Crippen LogP contribution in [0.15, 0.2) is 82.8 Å². The highest BCUT2D eigenvalue weighted by atomic mass is 32.2. The van der Waals surface area contributed by atoms with Crippen LogP contribution in [0, 0.1) is 0 Å². The van der Waals surface area contributed by atoms with Crippen molar-refractivity contribution in [3.63, 3.8) is 0 Å². The van der Waals surface area contributed by atoms with Crippen LogP contribution in [0.5, 0.6) is 11.5 Å². The number of benzene rings is 3. The van der Waals surface area contributed by atoms with E-state index in [1.54, 1.807) is 36.4 Å². The summed E-state index contributed by atoms with van der Waals surface area (Å²) in [7, 11) is -3.59. The molecule has 0 spiro atoms. The van der Waals surface area contributed by atoms with Crippen LogP contribution in [0.3, 0.4) is 0 Å². The Hall–Kier alpha value is -3.87. The fraction of sp³-hybridized carbons (Fsp3) is 0.222. The molecular formula is C27H25N5O5S2. The van der Waals surface area contributed by atoms with Crippen LogP contribution in [0.2, 0.25) is 0 Å². The van der Waals surface area contributed by atoms with E-state index < -0.39 is 10.0 Å². The smallest absolute Gasteiger partial charge is 0.243 e. The molecule has 1 amide bonds. The van der Waals surface area contributed by atoms with Crippen LogP contribution in [0.1, 0.15) is 12.8 Å². The molecule has 0 saturated carbocycles. The van der Waals surface area contributed by atoms with Crippen molar-refractivity contribution in [1.82, 2.24) is 19.1 Å². The van der Waals surface area contributed by atoms with Gasteiger partial charge in [0.15, 0.2) is 22.5 Å². The Bertz CT molecular complexity index is 1620. The van der Waals surface area contributed by atoms with Gasteiger partial charge in [-0.1, -0.05) is 42.1 Å². The van der Waals surface area contributed by atoms with Gasteiger partial charge >= 0.3 is 0 Å². The molecule has 3 heterocycles. The summed E-state index contributed by atoms with van der Waals surface area (Å²) in [6, 6.07) is 21.5. The van der Waals surface area contributed by atoms with Gasteiger partial charge in [0.25, 0.3) is 0 Å². The normalized spacial score (nSPS) is 15.0. The number of ether oxygens (including phenoxy) is 2. The molecule has 39 heavy (non-hydrogen) atoms. The van der Waals surface area contributed by atoms with Crippen LogP contribution < -0.4 is 14.8 Å². The zero-order valence-corrected chi connectivity index (χ0v) is 22.5. The van der Waals surface area contributed by atoms with Gasteiger partial charge in [0.05, 0.1) is 10.6 Å². The fourth-order valence-corrected chi connectivity index (χ4v) is 6.85. The van der Waals surface area contributed by atoms with Crippen molar-refractivity contribution in [3.05, 3.63) is 72.8 Å². The minimum absolute atomic E-state index is 0.0861. The maximum atomic E-state index is 13.2. The molecule has 0 unspecified atom stereocenters. The lowest BCUT2D eigenvalue weighted by Crippen LogP contribution is -2.27. The molecule has 1 N–H and O–H groups in total. The van der Waals surface area contributed by atoms with Gasteiger partial charge in [-0.15, -0.1) is 10.2 Å². The van der Waals surface area contributed by atoms with E-state index >= 15 is 0 Å². The van der Waals surface area contributed by atoms with E-state index in [1.807, 2.05) is 41.0 Å². The molecule has 1 aromatic heterocycles. The molecule has 0 radical (unpaired) electrons. The predicted molar refractivity (Wildman–Crippen MR) is 147 cm³/mol. The average molecular weight is 564 g/mol. The highest BCUT2D eigenvalue weighted by Crippen LogP contribution is 2.35. The van der Waals surface area contributed by atoms with Gasteiger partial charge in [0, 0.05) is 36.1 Å². The van der Waals surface area contributed by atoms with Crippen molar-refractivity contribution in [3.8, 4) is 28.6 Å². The lowest BCUT2D eigenvalue weighted by atomic mass is 10.2. The van der Waals surface area contributed by atoms with E-state index in [2.05, 4.69) is 15.5 Å². The number of nitrogens with one attached hydrogen (secondary N) is 1. The Balaban J connectivity index is 1.26. The summed E-state index contributed by atoms with van der Waals surface area (Å²) in [4.78, 5) is 13.0. The molecule has 12 heteroatoms. The summed E-state index contributed by atoms with van der Waals surface area (Å²) in [5, 5.41) is 12.1. The second-order valence-electron chi connectivity index (χ2n) is 9.02. The number of thioether (sulfide) groups is 1.